The van der Waals surface area contributed by atoms with Gasteiger partial charge in [-0.05, 0) is 24.1 Å². The number of nitrogens with zero attached hydrogens (tertiary/aromatic N) is 4. The van der Waals surface area contributed by atoms with Gasteiger partial charge in [-0.1, -0.05) is 12.1 Å². The molecule has 122 valence electrons. The Balaban J connectivity index is 1.64. The molecule has 2 heterocycles. The summed E-state index contributed by atoms with van der Waals surface area (Å²) in [7, 11) is 0. The van der Waals surface area contributed by atoms with Gasteiger partial charge in [0.1, 0.15) is 11.6 Å². The van der Waals surface area contributed by atoms with Gasteiger partial charge in [-0.25, -0.2) is 9.37 Å². The van der Waals surface area contributed by atoms with Crippen LogP contribution in [0.25, 0.3) is 0 Å². The highest BCUT2D eigenvalue weighted by molar-refractivity contribution is 7.09. The van der Waals surface area contributed by atoms with Crippen molar-refractivity contribution in [1.29, 1.82) is 0 Å². The summed E-state index contributed by atoms with van der Waals surface area (Å²) in [4.78, 5) is 20.1. The third kappa shape index (κ3) is 4.04. The number of carbonyl (C=O) groups excluding carboxylic acids is 1. The number of aromatic nitrogens is 2. The Labute approximate surface area is 138 Å². The topological polar surface area (TPSA) is 49.3 Å². The molecule has 23 heavy (non-hydrogen) atoms. The monoisotopic (exact) mass is 334 g/mol. The molecule has 1 saturated heterocycles. The first-order chi connectivity index (χ1) is 11.1. The molecule has 5 nitrogen and oxygen atoms in total. The van der Waals surface area contributed by atoms with Gasteiger partial charge in [-0.3, -0.25) is 4.79 Å². The molecule has 1 aromatic heterocycles. The largest absolute Gasteiger partial charge is 0.345 e. The van der Waals surface area contributed by atoms with Crippen LogP contribution in [0.4, 0.5) is 9.52 Å². The minimum absolute atomic E-state index is 0.126. The second-order valence-corrected chi connectivity index (χ2v) is 6.37. The molecule has 0 aliphatic carbocycles. The van der Waals surface area contributed by atoms with Crippen LogP contribution in [0.2, 0.25) is 0 Å². The molecule has 3 rings (SSSR count). The predicted molar refractivity (Wildman–Crippen MR) is 88.2 cm³/mol. The summed E-state index contributed by atoms with van der Waals surface area (Å²) in [6.07, 6.45) is 1.54. The van der Waals surface area contributed by atoms with E-state index in [1.54, 1.807) is 19.1 Å². The number of anilines is 1. The summed E-state index contributed by atoms with van der Waals surface area (Å²) in [6, 6.07) is 6.42. The van der Waals surface area contributed by atoms with Crippen molar-refractivity contribution in [2.75, 3.05) is 31.1 Å². The lowest BCUT2D eigenvalue weighted by atomic mass is 10.1. The van der Waals surface area contributed by atoms with Crippen molar-refractivity contribution < 1.29 is 9.18 Å². The highest BCUT2D eigenvalue weighted by atomic mass is 32.1. The maximum atomic E-state index is 12.9. The first-order valence-electron chi connectivity index (χ1n) is 7.69. The van der Waals surface area contributed by atoms with Gasteiger partial charge >= 0.3 is 0 Å². The number of hydrogen-bond acceptors (Lipinski definition) is 5. The van der Waals surface area contributed by atoms with E-state index in [0.717, 1.165) is 49.1 Å². The van der Waals surface area contributed by atoms with Crippen molar-refractivity contribution in [2.24, 2.45) is 0 Å². The van der Waals surface area contributed by atoms with Gasteiger partial charge in [0.05, 0.1) is 0 Å². The Morgan fingerprint density at radius 2 is 2.00 bits per heavy atom. The second-order valence-electron chi connectivity index (χ2n) is 5.64. The molecule has 0 radical (unpaired) electrons. The van der Waals surface area contributed by atoms with E-state index >= 15 is 0 Å². The zero-order valence-electron chi connectivity index (χ0n) is 13.0. The molecule has 0 atom stereocenters. The van der Waals surface area contributed by atoms with E-state index in [9.17, 15) is 9.18 Å². The third-order valence-electron chi connectivity index (χ3n) is 3.94. The van der Waals surface area contributed by atoms with Crippen molar-refractivity contribution in [3.8, 4) is 0 Å². The number of carbonyl (C=O) groups is 1. The van der Waals surface area contributed by atoms with Crippen LogP contribution in [0.15, 0.2) is 24.3 Å². The number of hydrogen-bond donors (Lipinski definition) is 0. The first-order valence-corrected chi connectivity index (χ1v) is 8.46. The molecule has 1 amide bonds. The standard InChI is InChI=1S/C16H19FN4OS/c1-12(22)20-7-2-8-21(10-9-20)16-18-15(19-23-16)11-13-3-5-14(17)6-4-13/h3-6H,2,7-11H2,1H3. The zero-order valence-corrected chi connectivity index (χ0v) is 13.9. The number of rotatable bonds is 3. The second kappa shape index (κ2) is 7.04. The average Bonchev–Trinajstić information content (AvgIpc) is 2.84. The lowest BCUT2D eigenvalue weighted by Gasteiger charge is -2.20. The molecule has 0 saturated carbocycles. The van der Waals surface area contributed by atoms with Crippen molar-refractivity contribution in [2.45, 2.75) is 19.8 Å². The quantitative estimate of drug-likeness (QED) is 0.864. The fraction of sp³-hybridized carbons (Fsp3) is 0.438. The summed E-state index contributed by atoms with van der Waals surface area (Å²) in [5, 5.41) is 0.896. The SMILES string of the molecule is CC(=O)N1CCCN(c2nc(Cc3ccc(F)cc3)ns2)CC1. The van der Waals surface area contributed by atoms with Crippen molar-refractivity contribution in [3.05, 3.63) is 41.5 Å². The van der Waals surface area contributed by atoms with Crippen LogP contribution in [0.3, 0.4) is 0 Å². The summed E-state index contributed by atoms with van der Waals surface area (Å²) >= 11 is 1.38. The van der Waals surface area contributed by atoms with E-state index in [0.29, 0.717) is 6.42 Å². The molecule has 1 aliphatic rings. The molecular formula is C16H19FN4OS. The molecule has 0 bridgehead atoms. The Kier molecular flexibility index (Phi) is 4.85. The number of halogens is 1. The van der Waals surface area contributed by atoms with Crippen molar-refractivity contribution in [3.63, 3.8) is 0 Å². The normalized spacial score (nSPS) is 15.6. The predicted octanol–water partition coefficient (Wildman–Crippen LogP) is 2.33. The van der Waals surface area contributed by atoms with Crippen LogP contribution in [-0.2, 0) is 11.2 Å². The van der Waals surface area contributed by atoms with Crippen LogP contribution in [0.5, 0.6) is 0 Å². The van der Waals surface area contributed by atoms with Gasteiger partial charge in [0, 0.05) is 51.1 Å². The first kappa shape index (κ1) is 15.9. The van der Waals surface area contributed by atoms with Gasteiger partial charge in [-0.2, -0.15) is 4.37 Å². The minimum Gasteiger partial charge on any atom is -0.345 e. The van der Waals surface area contributed by atoms with Gasteiger partial charge in [0.15, 0.2) is 0 Å². The Bertz CT molecular complexity index is 673. The molecule has 0 N–H and O–H groups in total. The Morgan fingerprint density at radius 3 is 2.74 bits per heavy atom. The molecule has 2 aromatic rings. The molecule has 7 heteroatoms. The van der Waals surface area contributed by atoms with Crippen LogP contribution < -0.4 is 4.90 Å². The fourth-order valence-electron chi connectivity index (χ4n) is 2.65. The lowest BCUT2D eigenvalue weighted by Crippen LogP contribution is -2.33. The summed E-state index contributed by atoms with van der Waals surface area (Å²) in [5.41, 5.74) is 0.995. The van der Waals surface area contributed by atoms with Gasteiger partial charge in [-0.15, -0.1) is 0 Å². The van der Waals surface area contributed by atoms with E-state index in [1.807, 2.05) is 4.90 Å². The lowest BCUT2D eigenvalue weighted by molar-refractivity contribution is -0.128. The smallest absolute Gasteiger partial charge is 0.219 e. The van der Waals surface area contributed by atoms with E-state index < -0.39 is 0 Å². The van der Waals surface area contributed by atoms with E-state index in [-0.39, 0.29) is 11.7 Å². The molecule has 0 spiro atoms. The van der Waals surface area contributed by atoms with Crippen LogP contribution in [0.1, 0.15) is 24.7 Å². The highest BCUT2D eigenvalue weighted by Gasteiger charge is 2.19. The number of benzene rings is 1. The zero-order chi connectivity index (χ0) is 16.2. The van der Waals surface area contributed by atoms with Crippen molar-refractivity contribution >= 4 is 22.6 Å². The molecule has 0 unspecified atom stereocenters. The fourth-order valence-corrected chi connectivity index (χ4v) is 3.39. The molecule has 1 aromatic carbocycles. The highest BCUT2D eigenvalue weighted by Crippen LogP contribution is 2.20. The number of amides is 1. The molecular weight excluding hydrogens is 315 g/mol. The Morgan fingerprint density at radius 1 is 1.22 bits per heavy atom. The summed E-state index contributed by atoms with van der Waals surface area (Å²) in [6.45, 7) is 4.80. The van der Waals surface area contributed by atoms with Crippen molar-refractivity contribution in [1.82, 2.24) is 14.3 Å². The average molecular weight is 334 g/mol. The van der Waals surface area contributed by atoms with Gasteiger partial charge < -0.3 is 9.80 Å². The van der Waals surface area contributed by atoms with Crippen LogP contribution in [0, 0.1) is 5.82 Å². The van der Waals surface area contributed by atoms with Crippen LogP contribution in [-0.4, -0.2) is 46.3 Å². The van der Waals surface area contributed by atoms with E-state index in [1.165, 1.54) is 23.7 Å². The maximum Gasteiger partial charge on any atom is 0.219 e. The molecule has 1 fully saturated rings. The summed E-state index contributed by atoms with van der Waals surface area (Å²) < 4.78 is 17.3. The third-order valence-corrected chi connectivity index (χ3v) is 4.76. The van der Waals surface area contributed by atoms with Gasteiger partial charge in [0.25, 0.3) is 0 Å². The maximum absolute atomic E-state index is 12.9. The minimum atomic E-state index is -0.236. The van der Waals surface area contributed by atoms with Gasteiger partial charge in [0.2, 0.25) is 11.0 Å². The Hall–Kier alpha value is -2.02. The van der Waals surface area contributed by atoms with E-state index in [4.69, 9.17) is 0 Å². The molecule has 1 aliphatic heterocycles. The van der Waals surface area contributed by atoms with Crippen LogP contribution >= 0.6 is 11.5 Å². The summed E-state index contributed by atoms with van der Waals surface area (Å²) in [5.74, 6) is 0.644. The van der Waals surface area contributed by atoms with E-state index in [2.05, 4.69) is 14.3 Å².